The molecule has 0 saturated heterocycles. The fourth-order valence-electron chi connectivity index (χ4n) is 3.05. The fraction of sp³-hybridized carbons (Fsp3) is 0.471. The zero-order valence-electron chi connectivity index (χ0n) is 15.6. The van der Waals surface area contributed by atoms with Gasteiger partial charge in [-0.2, -0.15) is 5.06 Å². The number of ether oxygens (including phenoxy) is 2. The molecule has 10 heteroatoms. The lowest BCUT2D eigenvalue weighted by molar-refractivity contribution is -0.809. The standard InChI is InChI=1S/C17H22N4O6/c1-10-14(21(23)27-19-10)9-25-20(16(18)22)11(2)17(3)8-12-7-13(24-4)5-6-15(12)26-17/h5-7,11H,8-9H2,1-4H3,(H2,18,22). The Morgan fingerprint density at radius 3 is 2.89 bits per heavy atom. The largest absolute Gasteiger partial charge is 0.497 e. The first-order chi connectivity index (χ1) is 12.7. The number of rotatable bonds is 6. The van der Waals surface area contributed by atoms with Crippen molar-refractivity contribution in [2.24, 2.45) is 5.73 Å². The summed E-state index contributed by atoms with van der Waals surface area (Å²) in [5.74, 6) is 1.43. The second-order valence-electron chi connectivity index (χ2n) is 6.64. The van der Waals surface area contributed by atoms with Crippen LogP contribution in [0.25, 0.3) is 0 Å². The van der Waals surface area contributed by atoms with Gasteiger partial charge in [0.15, 0.2) is 0 Å². The SMILES string of the molecule is COc1ccc2c(c1)CC(C)(C(C)N(OCc1c(C)no[n+]1[O-])C(N)=O)O2. The summed E-state index contributed by atoms with van der Waals surface area (Å²) in [4.78, 5) is 17.7. The first-order valence-corrected chi connectivity index (χ1v) is 8.38. The van der Waals surface area contributed by atoms with E-state index in [-0.39, 0.29) is 17.2 Å². The Morgan fingerprint density at radius 1 is 1.56 bits per heavy atom. The minimum Gasteiger partial charge on any atom is -0.497 e. The summed E-state index contributed by atoms with van der Waals surface area (Å²) in [5, 5.41) is 16.1. The third kappa shape index (κ3) is 3.47. The third-order valence-corrected chi connectivity index (χ3v) is 4.84. The van der Waals surface area contributed by atoms with Gasteiger partial charge in [-0.3, -0.25) is 9.47 Å². The summed E-state index contributed by atoms with van der Waals surface area (Å²) in [6, 6.07) is 4.17. The molecular formula is C17H22N4O6. The van der Waals surface area contributed by atoms with Crippen molar-refractivity contribution in [1.82, 2.24) is 10.2 Å². The van der Waals surface area contributed by atoms with Crippen molar-refractivity contribution in [1.29, 1.82) is 0 Å². The molecule has 2 unspecified atom stereocenters. The molecule has 27 heavy (non-hydrogen) atoms. The predicted octanol–water partition coefficient (Wildman–Crippen LogP) is 1.22. The molecule has 10 nitrogen and oxygen atoms in total. The van der Waals surface area contributed by atoms with Crippen molar-refractivity contribution in [3.05, 3.63) is 40.4 Å². The number of hydrogen-bond donors (Lipinski definition) is 1. The molecule has 0 fully saturated rings. The topological polar surface area (TPSA) is 127 Å². The molecule has 2 aromatic rings. The average Bonchev–Trinajstić information content (AvgIpc) is 3.14. The van der Waals surface area contributed by atoms with Crippen LogP contribution in [0.1, 0.15) is 30.8 Å². The van der Waals surface area contributed by atoms with Gasteiger partial charge in [0.05, 0.1) is 13.2 Å². The number of primary amides is 1. The Labute approximate surface area is 155 Å². The first-order valence-electron chi connectivity index (χ1n) is 8.38. The number of amides is 2. The number of aryl methyl sites for hydroxylation is 1. The first kappa shape index (κ1) is 18.8. The van der Waals surface area contributed by atoms with E-state index in [9.17, 15) is 10.0 Å². The maximum Gasteiger partial charge on any atom is 0.339 e. The van der Waals surface area contributed by atoms with E-state index in [1.807, 2.05) is 19.1 Å². The molecule has 0 aliphatic carbocycles. The number of hydroxylamine groups is 2. The lowest BCUT2D eigenvalue weighted by Gasteiger charge is -2.37. The summed E-state index contributed by atoms with van der Waals surface area (Å²) < 4.78 is 15.8. The zero-order chi connectivity index (χ0) is 19.8. The molecule has 0 bridgehead atoms. The fourth-order valence-corrected chi connectivity index (χ4v) is 3.05. The molecule has 1 aromatic carbocycles. The van der Waals surface area contributed by atoms with Crippen molar-refractivity contribution < 1.29 is 28.6 Å². The van der Waals surface area contributed by atoms with E-state index in [0.717, 1.165) is 16.4 Å². The van der Waals surface area contributed by atoms with E-state index in [1.54, 1.807) is 27.0 Å². The third-order valence-electron chi connectivity index (χ3n) is 4.84. The summed E-state index contributed by atoms with van der Waals surface area (Å²) in [5.41, 5.74) is 6.19. The van der Waals surface area contributed by atoms with Crippen molar-refractivity contribution >= 4 is 6.03 Å². The van der Waals surface area contributed by atoms with E-state index < -0.39 is 17.7 Å². The predicted molar refractivity (Wildman–Crippen MR) is 91.6 cm³/mol. The highest BCUT2D eigenvalue weighted by atomic mass is 16.8. The lowest BCUT2D eigenvalue weighted by atomic mass is 9.92. The van der Waals surface area contributed by atoms with Crippen LogP contribution in [0.5, 0.6) is 11.5 Å². The number of carbonyl (C=O) groups excluding carboxylic acids is 1. The van der Waals surface area contributed by atoms with Crippen LogP contribution in [-0.2, 0) is 17.9 Å². The smallest absolute Gasteiger partial charge is 0.339 e. The van der Waals surface area contributed by atoms with Crippen LogP contribution < -0.4 is 20.1 Å². The molecule has 2 N–H and O–H groups in total. The molecule has 1 aliphatic rings. The number of hydrogen-bond acceptors (Lipinski definition) is 7. The van der Waals surface area contributed by atoms with Crippen molar-refractivity contribution in [3.63, 3.8) is 0 Å². The van der Waals surface area contributed by atoms with Gasteiger partial charge >= 0.3 is 6.03 Å². The summed E-state index contributed by atoms with van der Waals surface area (Å²) in [7, 11) is 1.59. The number of aromatic nitrogens is 2. The molecule has 3 rings (SSSR count). The van der Waals surface area contributed by atoms with Crippen molar-refractivity contribution in [2.75, 3.05) is 7.11 Å². The minimum absolute atomic E-state index is 0.152. The van der Waals surface area contributed by atoms with Gasteiger partial charge in [-0.05, 0) is 36.9 Å². The van der Waals surface area contributed by atoms with E-state index in [2.05, 4.69) is 9.79 Å². The molecule has 0 spiro atoms. The number of urea groups is 1. The molecule has 146 valence electrons. The van der Waals surface area contributed by atoms with Gasteiger partial charge in [-0.25, -0.2) is 4.79 Å². The van der Waals surface area contributed by atoms with Gasteiger partial charge < -0.3 is 20.4 Å². The Balaban J connectivity index is 1.77. The number of carbonyl (C=O) groups is 1. The number of benzene rings is 1. The van der Waals surface area contributed by atoms with Gasteiger partial charge in [-0.15, -0.1) is 0 Å². The second-order valence-corrected chi connectivity index (χ2v) is 6.64. The molecule has 2 heterocycles. The highest BCUT2D eigenvalue weighted by Crippen LogP contribution is 2.40. The van der Waals surface area contributed by atoms with E-state index in [0.29, 0.717) is 17.9 Å². The Bertz CT molecular complexity index is 834. The number of nitrogens with two attached hydrogens (primary N) is 1. The van der Waals surface area contributed by atoms with Crippen LogP contribution in [0, 0.1) is 12.1 Å². The molecule has 2 amide bonds. The lowest BCUT2D eigenvalue weighted by Crippen LogP contribution is -2.55. The summed E-state index contributed by atoms with van der Waals surface area (Å²) in [6.45, 7) is 5.00. The molecular weight excluding hydrogens is 356 g/mol. The van der Waals surface area contributed by atoms with Crippen LogP contribution >= 0.6 is 0 Å². The summed E-state index contributed by atoms with van der Waals surface area (Å²) in [6.07, 6.45) is 0.529. The van der Waals surface area contributed by atoms with Crippen LogP contribution in [0.4, 0.5) is 4.79 Å². The Hall–Kier alpha value is -3.01. The van der Waals surface area contributed by atoms with Crippen LogP contribution in [0.15, 0.2) is 22.8 Å². The van der Waals surface area contributed by atoms with Crippen LogP contribution in [0.2, 0.25) is 0 Å². The number of nitrogens with zero attached hydrogens (tertiary/aromatic N) is 3. The highest BCUT2D eigenvalue weighted by Gasteiger charge is 2.44. The number of methoxy groups -OCH3 is 1. The van der Waals surface area contributed by atoms with E-state index in [1.165, 1.54) is 0 Å². The van der Waals surface area contributed by atoms with Crippen molar-refractivity contribution in [3.8, 4) is 11.5 Å². The van der Waals surface area contributed by atoms with E-state index in [4.69, 9.17) is 20.0 Å². The maximum atomic E-state index is 12.0. The monoisotopic (exact) mass is 378 g/mol. The zero-order valence-corrected chi connectivity index (χ0v) is 15.6. The van der Waals surface area contributed by atoms with Gasteiger partial charge in [-0.1, -0.05) is 0 Å². The molecule has 0 radical (unpaired) electrons. The quantitative estimate of drug-likeness (QED) is 0.591. The molecule has 2 atom stereocenters. The molecule has 0 saturated carbocycles. The average molecular weight is 378 g/mol. The second kappa shape index (κ2) is 6.95. The van der Waals surface area contributed by atoms with Gasteiger partial charge in [0.25, 0.3) is 0 Å². The molecule has 1 aromatic heterocycles. The van der Waals surface area contributed by atoms with Gasteiger partial charge in [0.1, 0.15) is 23.7 Å². The maximum absolute atomic E-state index is 12.0. The Kier molecular flexibility index (Phi) is 4.83. The van der Waals surface area contributed by atoms with Gasteiger partial charge in [0.2, 0.25) is 11.4 Å². The number of fused-ring (bicyclic) bond motifs is 1. The van der Waals surface area contributed by atoms with Crippen molar-refractivity contribution in [2.45, 2.75) is 45.4 Å². The normalized spacial score (nSPS) is 19.3. The summed E-state index contributed by atoms with van der Waals surface area (Å²) >= 11 is 0. The van der Waals surface area contributed by atoms with Crippen LogP contribution in [-0.4, -0.2) is 35.0 Å². The minimum atomic E-state index is -0.799. The van der Waals surface area contributed by atoms with Gasteiger partial charge in [0, 0.05) is 24.1 Å². The van der Waals surface area contributed by atoms with Crippen LogP contribution in [0.3, 0.4) is 0 Å². The molecule has 1 aliphatic heterocycles. The van der Waals surface area contributed by atoms with E-state index >= 15 is 0 Å². The highest BCUT2D eigenvalue weighted by molar-refractivity contribution is 5.71. The Morgan fingerprint density at radius 2 is 2.30 bits per heavy atom.